The summed E-state index contributed by atoms with van der Waals surface area (Å²) in [7, 11) is 1.67. The molecule has 4 rings (SSSR count). The molecule has 0 unspecified atom stereocenters. The second-order valence-corrected chi connectivity index (χ2v) is 9.31. The third-order valence-corrected chi connectivity index (χ3v) is 7.59. The van der Waals surface area contributed by atoms with Gasteiger partial charge in [0.05, 0.1) is 23.1 Å². The summed E-state index contributed by atoms with van der Waals surface area (Å²) in [5.74, 6) is -0.145. The molecule has 3 N–H and O–H groups in total. The predicted molar refractivity (Wildman–Crippen MR) is 123 cm³/mol. The lowest BCUT2D eigenvalue weighted by Gasteiger charge is -2.45. The largest absolute Gasteiger partial charge is 0.345 e. The van der Waals surface area contributed by atoms with Crippen LogP contribution in [0, 0.1) is 22.7 Å². The molecule has 2 aliphatic heterocycles. The van der Waals surface area contributed by atoms with E-state index in [2.05, 4.69) is 33.0 Å². The lowest BCUT2D eigenvalue weighted by molar-refractivity contribution is -0.135. The van der Waals surface area contributed by atoms with E-state index in [1.807, 2.05) is 25.1 Å². The molecular formula is C23H28N6OS. The lowest BCUT2D eigenvalue weighted by Crippen LogP contribution is -2.64. The molecule has 1 aromatic carbocycles. The van der Waals surface area contributed by atoms with Gasteiger partial charge in [-0.25, -0.2) is 0 Å². The Kier molecular flexibility index (Phi) is 6.10. The Bertz CT molecular complexity index is 1020. The molecule has 0 spiro atoms. The zero-order valence-corrected chi connectivity index (χ0v) is 18.8. The summed E-state index contributed by atoms with van der Waals surface area (Å²) in [4.78, 5) is 18.1. The fourth-order valence-electron chi connectivity index (χ4n) is 4.43. The van der Waals surface area contributed by atoms with Gasteiger partial charge in [-0.2, -0.15) is 5.26 Å². The summed E-state index contributed by atoms with van der Waals surface area (Å²) in [6.45, 7) is 6.85. The van der Waals surface area contributed by atoms with Crippen molar-refractivity contribution in [2.24, 2.45) is 5.92 Å². The van der Waals surface area contributed by atoms with Crippen LogP contribution in [0.4, 0.5) is 0 Å². The monoisotopic (exact) mass is 436 g/mol. The van der Waals surface area contributed by atoms with E-state index in [4.69, 9.17) is 5.41 Å². The first-order valence-electron chi connectivity index (χ1n) is 10.6. The van der Waals surface area contributed by atoms with Crippen molar-refractivity contribution in [1.29, 1.82) is 10.7 Å². The van der Waals surface area contributed by atoms with Gasteiger partial charge in [-0.05, 0) is 54.6 Å². The van der Waals surface area contributed by atoms with Gasteiger partial charge in [-0.15, -0.1) is 11.3 Å². The van der Waals surface area contributed by atoms with Crippen LogP contribution in [0.25, 0.3) is 11.1 Å². The number of rotatable bonds is 5. The zero-order chi connectivity index (χ0) is 22.0. The molecule has 0 bridgehead atoms. The number of benzene rings is 1. The Morgan fingerprint density at radius 3 is 2.81 bits per heavy atom. The van der Waals surface area contributed by atoms with E-state index in [1.54, 1.807) is 24.5 Å². The second kappa shape index (κ2) is 8.79. The Morgan fingerprint density at radius 2 is 2.06 bits per heavy atom. The number of piperazine rings is 1. The average Bonchev–Trinajstić information content (AvgIpc) is 3.29. The summed E-state index contributed by atoms with van der Waals surface area (Å²) in [5.41, 5.74) is 1.99. The molecular weight excluding hydrogens is 408 g/mol. The van der Waals surface area contributed by atoms with Crippen molar-refractivity contribution in [2.75, 3.05) is 39.8 Å². The van der Waals surface area contributed by atoms with Gasteiger partial charge in [0.25, 0.3) is 0 Å². The maximum atomic E-state index is 13.2. The molecule has 2 atom stereocenters. The minimum Gasteiger partial charge on any atom is -0.345 e. The standard InChI is InChI=1S/C23H28N6OS/c1-23(20-13-18(15-31-20)17-5-3-4-16(12-17)14-24)19(21(30)28(2)22(25)27-23)6-9-29-10-7-26-8-11-29/h3-5,12-13,15,19,26H,6-11H2,1-2H3,(H2,25,27)/t19-,23-/m0/s1. The van der Waals surface area contributed by atoms with Crippen LogP contribution in [0.2, 0.25) is 0 Å². The van der Waals surface area contributed by atoms with Crippen molar-refractivity contribution in [3.63, 3.8) is 0 Å². The van der Waals surface area contributed by atoms with Gasteiger partial charge in [-0.3, -0.25) is 15.1 Å². The fraction of sp³-hybridized carbons (Fsp3) is 0.435. The Labute approximate surface area is 187 Å². The number of nitrogens with one attached hydrogen (secondary N) is 3. The van der Waals surface area contributed by atoms with Crippen LogP contribution in [0.5, 0.6) is 0 Å². The number of nitrogens with zero attached hydrogens (tertiary/aromatic N) is 3. The third kappa shape index (κ3) is 4.22. The van der Waals surface area contributed by atoms with Gasteiger partial charge in [0.2, 0.25) is 5.91 Å². The molecule has 7 nitrogen and oxygen atoms in total. The van der Waals surface area contributed by atoms with Crippen molar-refractivity contribution in [3.8, 4) is 17.2 Å². The summed E-state index contributed by atoms with van der Waals surface area (Å²) >= 11 is 1.60. The minimum absolute atomic E-state index is 0.0113. The average molecular weight is 437 g/mol. The normalized spacial score (nSPS) is 24.7. The second-order valence-electron chi connectivity index (χ2n) is 8.40. The highest BCUT2D eigenvalue weighted by Gasteiger charge is 2.48. The quantitative estimate of drug-likeness (QED) is 0.669. The van der Waals surface area contributed by atoms with Crippen molar-refractivity contribution in [2.45, 2.75) is 18.9 Å². The number of amides is 1. The number of hydrogen-bond donors (Lipinski definition) is 3. The van der Waals surface area contributed by atoms with Crippen molar-refractivity contribution >= 4 is 23.2 Å². The van der Waals surface area contributed by atoms with Crippen LogP contribution in [-0.4, -0.2) is 61.4 Å². The first-order valence-corrected chi connectivity index (χ1v) is 11.5. The van der Waals surface area contributed by atoms with Gasteiger partial charge < -0.3 is 15.5 Å². The molecule has 3 heterocycles. The van der Waals surface area contributed by atoms with Gasteiger partial charge >= 0.3 is 0 Å². The molecule has 1 amide bonds. The van der Waals surface area contributed by atoms with Crippen LogP contribution in [0.1, 0.15) is 23.8 Å². The van der Waals surface area contributed by atoms with Gasteiger partial charge in [-0.1, -0.05) is 12.1 Å². The zero-order valence-electron chi connectivity index (χ0n) is 17.9. The van der Waals surface area contributed by atoms with E-state index >= 15 is 0 Å². The van der Waals surface area contributed by atoms with E-state index in [0.717, 1.165) is 55.1 Å². The number of guanidine groups is 1. The summed E-state index contributed by atoms with van der Waals surface area (Å²) in [5, 5.41) is 26.3. The highest BCUT2D eigenvalue weighted by atomic mass is 32.1. The lowest BCUT2D eigenvalue weighted by atomic mass is 9.79. The van der Waals surface area contributed by atoms with E-state index in [1.165, 1.54) is 4.90 Å². The molecule has 1 aromatic heterocycles. The van der Waals surface area contributed by atoms with E-state index < -0.39 is 5.54 Å². The molecule has 2 fully saturated rings. The van der Waals surface area contributed by atoms with Crippen molar-refractivity contribution in [3.05, 3.63) is 46.2 Å². The predicted octanol–water partition coefficient (Wildman–Crippen LogP) is 2.41. The Morgan fingerprint density at radius 1 is 1.29 bits per heavy atom. The highest BCUT2D eigenvalue weighted by Crippen LogP contribution is 2.41. The van der Waals surface area contributed by atoms with Crippen LogP contribution in [-0.2, 0) is 10.3 Å². The molecule has 31 heavy (non-hydrogen) atoms. The SMILES string of the molecule is CN1C(=N)N[C@](C)(c2cc(-c3cccc(C#N)c3)cs2)[C@@H](CCN2CCNCC2)C1=O. The van der Waals surface area contributed by atoms with Crippen LogP contribution in [0.15, 0.2) is 35.7 Å². The van der Waals surface area contributed by atoms with Crippen LogP contribution >= 0.6 is 11.3 Å². The van der Waals surface area contributed by atoms with Crippen molar-refractivity contribution in [1.82, 2.24) is 20.4 Å². The van der Waals surface area contributed by atoms with Crippen molar-refractivity contribution < 1.29 is 4.79 Å². The van der Waals surface area contributed by atoms with Gasteiger partial charge in [0.15, 0.2) is 5.96 Å². The molecule has 2 saturated heterocycles. The molecule has 2 aliphatic rings. The summed E-state index contributed by atoms with van der Waals surface area (Å²) < 4.78 is 0. The first-order chi connectivity index (χ1) is 14.9. The number of carbonyl (C=O) groups excluding carboxylic acids is 1. The Balaban J connectivity index is 1.62. The molecule has 2 aromatic rings. The topological polar surface area (TPSA) is 95.2 Å². The van der Waals surface area contributed by atoms with Gasteiger partial charge in [0.1, 0.15) is 0 Å². The minimum atomic E-state index is -0.648. The van der Waals surface area contributed by atoms with E-state index in [-0.39, 0.29) is 17.8 Å². The molecule has 0 saturated carbocycles. The number of hydrogen-bond acceptors (Lipinski definition) is 6. The molecule has 8 heteroatoms. The maximum absolute atomic E-state index is 13.2. The van der Waals surface area contributed by atoms with Crippen LogP contribution in [0.3, 0.4) is 0 Å². The first kappa shape index (κ1) is 21.5. The molecule has 0 radical (unpaired) electrons. The number of thiophene rings is 1. The molecule has 162 valence electrons. The highest BCUT2D eigenvalue weighted by molar-refractivity contribution is 7.10. The van der Waals surface area contributed by atoms with E-state index in [9.17, 15) is 10.1 Å². The Hall–Kier alpha value is -2.73. The number of nitriles is 1. The van der Waals surface area contributed by atoms with Gasteiger partial charge in [0, 0.05) is 38.1 Å². The smallest absolute Gasteiger partial charge is 0.234 e. The summed E-state index contributed by atoms with van der Waals surface area (Å²) in [6.07, 6.45) is 0.733. The van der Waals surface area contributed by atoms with E-state index in [0.29, 0.717) is 5.56 Å². The maximum Gasteiger partial charge on any atom is 0.234 e. The number of carbonyl (C=O) groups is 1. The van der Waals surface area contributed by atoms with Crippen LogP contribution < -0.4 is 10.6 Å². The fourth-order valence-corrected chi connectivity index (χ4v) is 5.52. The summed E-state index contributed by atoms with van der Waals surface area (Å²) in [6, 6.07) is 11.8. The third-order valence-electron chi connectivity index (χ3n) is 6.42. The molecule has 0 aliphatic carbocycles.